The maximum Gasteiger partial charge on any atom is 0.177 e. The molecule has 2 aromatic carbocycles. The van der Waals surface area contributed by atoms with E-state index in [4.69, 9.17) is 9.47 Å². The summed E-state index contributed by atoms with van der Waals surface area (Å²) in [5.41, 5.74) is -1.10. The minimum absolute atomic E-state index is 0.00370. The molecule has 1 aliphatic carbocycles. The van der Waals surface area contributed by atoms with Crippen molar-refractivity contribution >= 4 is 15.9 Å². The van der Waals surface area contributed by atoms with E-state index in [1.54, 1.807) is 6.20 Å². The molecular formula is C27H29BrN2O5. The standard InChI is InChI=1S/C27H29BrN2O5/c1-30(12-13-31)16-20-23(17-6-4-3-5-7-17)27(18-8-10-19(28)11-9-18)26(33,25(20)32)24-21(34-2)14-29-15-22(24)35-27/h3-11,14-15,20,23,25,31-33H,12-13,16H2,1-2H3/t20?,23?,25-,26+,27+/m1/s1. The van der Waals surface area contributed by atoms with E-state index in [0.29, 0.717) is 30.2 Å². The Morgan fingerprint density at radius 2 is 1.83 bits per heavy atom. The number of rotatable bonds is 7. The summed E-state index contributed by atoms with van der Waals surface area (Å²) in [6.45, 7) is 0.878. The summed E-state index contributed by atoms with van der Waals surface area (Å²) in [5, 5.41) is 34.2. The van der Waals surface area contributed by atoms with E-state index < -0.39 is 29.1 Å². The molecule has 2 aliphatic rings. The fourth-order valence-electron chi connectivity index (χ4n) is 6.06. The molecule has 0 saturated heterocycles. The van der Waals surface area contributed by atoms with E-state index in [2.05, 4.69) is 20.9 Å². The molecule has 2 unspecified atom stereocenters. The molecule has 0 radical (unpaired) electrons. The van der Waals surface area contributed by atoms with Crippen molar-refractivity contribution < 1.29 is 24.8 Å². The van der Waals surface area contributed by atoms with Crippen LogP contribution in [-0.4, -0.2) is 65.2 Å². The minimum Gasteiger partial charge on any atom is -0.495 e. The second kappa shape index (κ2) is 9.19. The number of methoxy groups -OCH3 is 1. The molecule has 5 rings (SSSR count). The lowest BCUT2D eigenvalue weighted by molar-refractivity contribution is -0.152. The van der Waals surface area contributed by atoms with Crippen LogP contribution in [-0.2, 0) is 11.2 Å². The Bertz CT molecular complexity index is 1190. The first kappa shape index (κ1) is 24.2. The van der Waals surface area contributed by atoms with E-state index in [9.17, 15) is 15.3 Å². The second-order valence-corrected chi connectivity index (χ2v) is 10.2. The maximum atomic E-state index is 12.7. The molecule has 3 aromatic rings. The van der Waals surface area contributed by atoms with Gasteiger partial charge in [-0.1, -0.05) is 58.4 Å². The van der Waals surface area contributed by atoms with Gasteiger partial charge in [0, 0.05) is 29.4 Å². The van der Waals surface area contributed by atoms with E-state index in [1.807, 2.05) is 66.5 Å². The summed E-state index contributed by atoms with van der Waals surface area (Å²) in [4.78, 5) is 6.22. The molecule has 1 aromatic heterocycles. The van der Waals surface area contributed by atoms with Crippen molar-refractivity contribution in [3.05, 3.63) is 88.2 Å². The van der Waals surface area contributed by atoms with Crippen LogP contribution < -0.4 is 9.47 Å². The molecule has 0 amide bonds. The van der Waals surface area contributed by atoms with Gasteiger partial charge in [-0.15, -0.1) is 0 Å². The van der Waals surface area contributed by atoms with Gasteiger partial charge in [0.2, 0.25) is 0 Å². The number of hydrogen-bond donors (Lipinski definition) is 3. The van der Waals surface area contributed by atoms with Gasteiger partial charge in [0.25, 0.3) is 0 Å². The van der Waals surface area contributed by atoms with Gasteiger partial charge >= 0.3 is 0 Å². The number of likely N-dealkylation sites (N-methyl/N-ethyl adjacent to an activating group) is 1. The normalized spacial score (nSPS) is 29.1. The topological polar surface area (TPSA) is 95.3 Å². The summed E-state index contributed by atoms with van der Waals surface area (Å²) in [7, 11) is 3.41. The SMILES string of the molecule is COc1cncc2c1[C@]1(O)[C@H](O)C(CN(C)CCO)C(c3ccccc3)[C@]1(c1ccc(Br)cc1)O2. The molecule has 8 heteroatoms. The zero-order valence-corrected chi connectivity index (χ0v) is 21.2. The van der Waals surface area contributed by atoms with Crippen molar-refractivity contribution in [2.75, 3.05) is 33.9 Å². The number of aliphatic hydroxyl groups excluding tert-OH is 2. The Morgan fingerprint density at radius 3 is 2.49 bits per heavy atom. The van der Waals surface area contributed by atoms with Crippen molar-refractivity contribution in [1.29, 1.82) is 0 Å². The fourth-order valence-corrected chi connectivity index (χ4v) is 6.32. The van der Waals surface area contributed by atoms with Crippen LogP contribution in [0.25, 0.3) is 0 Å². The molecule has 1 saturated carbocycles. The number of aliphatic hydroxyl groups is 3. The highest BCUT2D eigenvalue weighted by molar-refractivity contribution is 9.10. The number of benzene rings is 2. The van der Waals surface area contributed by atoms with Crippen molar-refractivity contribution in [1.82, 2.24) is 9.88 Å². The molecule has 184 valence electrons. The first-order valence-corrected chi connectivity index (χ1v) is 12.4. The highest BCUT2D eigenvalue weighted by Gasteiger charge is 2.76. The summed E-state index contributed by atoms with van der Waals surface area (Å²) >= 11 is 3.51. The van der Waals surface area contributed by atoms with Crippen LogP contribution in [0.15, 0.2) is 71.5 Å². The third-order valence-corrected chi connectivity index (χ3v) is 7.98. The van der Waals surface area contributed by atoms with Crippen molar-refractivity contribution in [2.24, 2.45) is 5.92 Å². The number of nitrogens with zero attached hydrogens (tertiary/aromatic N) is 2. The third kappa shape index (κ3) is 3.50. The zero-order chi connectivity index (χ0) is 24.8. The molecule has 35 heavy (non-hydrogen) atoms. The average molecular weight is 541 g/mol. The predicted octanol–water partition coefficient (Wildman–Crippen LogP) is 3.03. The van der Waals surface area contributed by atoms with E-state index >= 15 is 0 Å². The van der Waals surface area contributed by atoms with Crippen LogP contribution in [0.1, 0.15) is 22.6 Å². The van der Waals surface area contributed by atoms with Gasteiger partial charge in [0.1, 0.15) is 11.5 Å². The summed E-state index contributed by atoms with van der Waals surface area (Å²) < 4.78 is 13.3. The predicted molar refractivity (Wildman–Crippen MR) is 134 cm³/mol. The molecule has 2 heterocycles. The Hall–Kier alpha value is -2.49. The maximum absolute atomic E-state index is 12.7. The summed E-state index contributed by atoms with van der Waals surface area (Å²) in [6.07, 6.45) is 1.90. The van der Waals surface area contributed by atoms with Gasteiger partial charge in [-0.05, 0) is 30.3 Å². The average Bonchev–Trinajstić information content (AvgIpc) is 3.23. The van der Waals surface area contributed by atoms with E-state index in [0.717, 1.165) is 15.6 Å². The first-order chi connectivity index (χ1) is 16.9. The highest BCUT2D eigenvalue weighted by Crippen LogP contribution is 2.69. The van der Waals surface area contributed by atoms with Gasteiger partial charge in [-0.25, -0.2) is 0 Å². The Labute approximate surface area is 213 Å². The van der Waals surface area contributed by atoms with Gasteiger partial charge in [-0.2, -0.15) is 0 Å². The largest absolute Gasteiger partial charge is 0.495 e. The van der Waals surface area contributed by atoms with Crippen LogP contribution in [0.2, 0.25) is 0 Å². The van der Waals surface area contributed by atoms with Crippen LogP contribution in [0, 0.1) is 5.92 Å². The van der Waals surface area contributed by atoms with Crippen LogP contribution in [0.3, 0.4) is 0 Å². The molecule has 5 atom stereocenters. The molecule has 0 spiro atoms. The van der Waals surface area contributed by atoms with Crippen molar-refractivity contribution in [2.45, 2.75) is 23.2 Å². The number of fused-ring (bicyclic) bond motifs is 3. The second-order valence-electron chi connectivity index (χ2n) is 9.31. The Kier molecular flexibility index (Phi) is 6.35. The van der Waals surface area contributed by atoms with Gasteiger partial charge in [0.05, 0.1) is 37.8 Å². The lowest BCUT2D eigenvalue weighted by Crippen LogP contribution is -2.52. The number of hydrogen-bond acceptors (Lipinski definition) is 7. The summed E-state index contributed by atoms with van der Waals surface area (Å²) in [5.74, 6) is -0.104. The van der Waals surface area contributed by atoms with E-state index in [-0.39, 0.29) is 6.61 Å². The van der Waals surface area contributed by atoms with Gasteiger partial charge < -0.3 is 29.7 Å². The summed E-state index contributed by atoms with van der Waals surface area (Å²) in [6, 6.07) is 17.5. The lowest BCUT2D eigenvalue weighted by atomic mass is 9.70. The lowest BCUT2D eigenvalue weighted by Gasteiger charge is -2.41. The van der Waals surface area contributed by atoms with Gasteiger partial charge in [0.15, 0.2) is 11.2 Å². The van der Waals surface area contributed by atoms with Crippen molar-refractivity contribution in [3.63, 3.8) is 0 Å². The van der Waals surface area contributed by atoms with Crippen LogP contribution >= 0.6 is 15.9 Å². The monoisotopic (exact) mass is 540 g/mol. The number of pyridine rings is 1. The zero-order valence-electron chi connectivity index (χ0n) is 19.6. The molecule has 7 nitrogen and oxygen atoms in total. The van der Waals surface area contributed by atoms with Gasteiger partial charge in [-0.3, -0.25) is 4.98 Å². The number of halogens is 1. The molecule has 0 bridgehead atoms. The van der Waals surface area contributed by atoms with Crippen molar-refractivity contribution in [3.8, 4) is 11.5 Å². The highest BCUT2D eigenvalue weighted by atomic mass is 79.9. The van der Waals surface area contributed by atoms with Crippen LogP contribution in [0.4, 0.5) is 0 Å². The minimum atomic E-state index is -1.82. The molecular weight excluding hydrogens is 512 g/mol. The number of ether oxygens (including phenoxy) is 2. The molecule has 1 fully saturated rings. The quantitative estimate of drug-likeness (QED) is 0.424. The Balaban J connectivity index is 1.81. The fraction of sp³-hybridized carbons (Fsp3) is 0.370. The molecule has 1 aliphatic heterocycles. The number of aromatic nitrogens is 1. The third-order valence-electron chi connectivity index (χ3n) is 7.45. The smallest absolute Gasteiger partial charge is 0.177 e. The Morgan fingerprint density at radius 1 is 1.11 bits per heavy atom. The van der Waals surface area contributed by atoms with Crippen LogP contribution in [0.5, 0.6) is 11.5 Å². The molecule has 3 N–H and O–H groups in total. The first-order valence-electron chi connectivity index (χ1n) is 11.6. The van der Waals surface area contributed by atoms with E-state index in [1.165, 1.54) is 13.3 Å².